The summed E-state index contributed by atoms with van der Waals surface area (Å²) in [4.78, 5) is 67.0. The molecule has 12 nitrogen and oxygen atoms in total. The summed E-state index contributed by atoms with van der Waals surface area (Å²) in [6.45, 7) is 4.05. The summed E-state index contributed by atoms with van der Waals surface area (Å²) in [5.41, 5.74) is 1.71. The zero-order valence-corrected chi connectivity index (χ0v) is 23.9. The molecule has 0 saturated carbocycles. The van der Waals surface area contributed by atoms with Crippen molar-refractivity contribution >= 4 is 46.4 Å². The van der Waals surface area contributed by atoms with Crippen molar-refractivity contribution in [3.8, 4) is 5.75 Å². The molecule has 0 spiro atoms. The van der Waals surface area contributed by atoms with Crippen LogP contribution in [-0.2, 0) is 23.9 Å². The normalized spacial score (nSPS) is 16.5. The number of methoxy groups -OCH3 is 1. The average molecular weight is 594 g/mol. The fraction of sp³-hybridized carbons (Fsp3) is 0.241. The van der Waals surface area contributed by atoms with Crippen LogP contribution in [0.1, 0.15) is 37.9 Å². The number of thiazole rings is 1. The maximum Gasteiger partial charge on any atom is 0.338 e. The predicted octanol–water partition coefficient (Wildman–Crippen LogP) is 1.70. The second kappa shape index (κ2) is 12.2. The highest BCUT2D eigenvalue weighted by molar-refractivity contribution is 7.07. The van der Waals surface area contributed by atoms with Gasteiger partial charge in [0.15, 0.2) is 4.80 Å². The zero-order chi connectivity index (χ0) is 30.7. The minimum atomic E-state index is -1.18. The molecule has 0 radical (unpaired) electrons. The average Bonchev–Trinajstić information content (AvgIpc) is 3.40. The quantitative estimate of drug-likeness (QED) is 0.405. The molecule has 1 atom stereocenters. The third kappa shape index (κ3) is 5.59. The van der Waals surface area contributed by atoms with E-state index in [0.29, 0.717) is 33.1 Å². The summed E-state index contributed by atoms with van der Waals surface area (Å²) in [7, 11) is 1.54. The van der Waals surface area contributed by atoms with Gasteiger partial charge < -0.3 is 19.7 Å². The van der Waals surface area contributed by atoms with Crippen LogP contribution < -0.4 is 24.5 Å². The van der Waals surface area contributed by atoms with Gasteiger partial charge in [-0.1, -0.05) is 41.7 Å². The van der Waals surface area contributed by atoms with E-state index in [2.05, 4.69) is 4.99 Å². The van der Waals surface area contributed by atoms with Gasteiger partial charge in [0.25, 0.3) is 17.4 Å². The lowest BCUT2D eigenvalue weighted by atomic mass is 9.96. The number of rotatable bonds is 6. The monoisotopic (exact) mass is 593 g/mol. The SMILES string of the molecule is CC(=O)O.CCOC(=O)C1=C(C)N=c2sc(=C3C(=O)N(CC(=O)O)c4ccccc43)c(=O)n2C1c1ccc(OC)cc1. The molecule has 2 aliphatic heterocycles. The van der Waals surface area contributed by atoms with E-state index in [1.54, 1.807) is 62.4 Å². The molecule has 0 saturated heterocycles. The summed E-state index contributed by atoms with van der Waals surface area (Å²) in [6.07, 6.45) is 0. The van der Waals surface area contributed by atoms with E-state index < -0.39 is 42.0 Å². The molecule has 2 aliphatic rings. The molecule has 3 heterocycles. The molecule has 1 unspecified atom stereocenters. The van der Waals surface area contributed by atoms with Crippen LogP contribution in [0.3, 0.4) is 0 Å². The Kier molecular flexibility index (Phi) is 8.71. The fourth-order valence-electron chi connectivity index (χ4n) is 4.74. The first-order valence-electron chi connectivity index (χ1n) is 12.7. The number of benzene rings is 2. The Bertz CT molecular complexity index is 1800. The number of nitrogens with zero attached hydrogens (tertiary/aromatic N) is 3. The van der Waals surface area contributed by atoms with Gasteiger partial charge in [-0.2, -0.15) is 0 Å². The highest BCUT2D eigenvalue weighted by Gasteiger charge is 2.37. The number of aromatic nitrogens is 1. The van der Waals surface area contributed by atoms with Crippen LogP contribution >= 0.6 is 11.3 Å². The third-order valence-electron chi connectivity index (χ3n) is 6.37. The van der Waals surface area contributed by atoms with E-state index in [-0.39, 0.29) is 22.3 Å². The van der Waals surface area contributed by atoms with E-state index in [1.807, 2.05) is 0 Å². The molecular formula is C29H27N3O9S. The van der Waals surface area contributed by atoms with Crippen LogP contribution in [0.4, 0.5) is 5.69 Å². The zero-order valence-electron chi connectivity index (χ0n) is 23.1. The molecule has 218 valence electrons. The van der Waals surface area contributed by atoms with Gasteiger partial charge in [-0.15, -0.1) is 0 Å². The number of anilines is 1. The van der Waals surface area contributed by atoms with E-state index in [0.717, 1.165) is 23.2 Å². The maximum absolute atomic E-state index is 14.0. The van der Waals surface area contributed by atoms with E-state index >= 15 is 0 Å². The first kappa shape index (κ1) is 29.9. The molecule has 2 N–H and O–H groups in total. The second-order valence-corrected chi connectivity index (χ2v) is 10.1. The highest BCUT2D eigenvalue weighted by atomic mass is 32.1. The first-order valence-corrected chi connectivity index (χ1v) is 13.5. The van der Waals surface area contributed by atoms with E-state index in [4.69, 9.17) is 19.4 Å². The molecule has 42 heavy (non-hydrogen) atoms. The highest BCUT2D eigenvalue weighted by Crippen LogP contribution is 2.35. The van der Waals surface area contributed by atoms with Crippen LogP contribution in [0, 0.1) is 0 Å². The number of hydrogen-bond donors (Lipinski definition) is 2. The Hall–Kier alpha value is -5.04. The second-order valence-electron chi connectivity index (χ2n) is 9.09. The van der Waals surface area contributed by atoms with Gasteiger partial charge in [0.2, 0.25) is 0 Å². The lowest BCUT2D eigenvalue weighted by molar-refractivity contribution is -0.139. The van der Waals surface area contributed by atoms with E-state index in [9.17, 15) is 24.3 Å². The van der Waals surface area contributed by atoms with Gasteiger partial charge in [-0.3, -0.25) is 28.6 Å². The van der Waals surface area contributed by atoms with Gasteiger partial charge >= 0.3 is 11.9 Å². The maximum atomic E-state index is 14.0. The Morgan fingerprint density at radius 2 is 1.69 bits per heavy atom. The Labute approximate surface area is 243 Å². The lowest BCUT2D eigenvalue weighted by Gasteiger charge is -2.24. The number of amides is 1. The Morgan fingerprint density at radius 1 is 1.05 bits per heavy atom. The number of allylic oxidation sites excluding steroid dienone is 1. The topological polar surface area (TPSA) is 165 Å². The number of carbonyl (C=O) groups is 4. The molecule has 13 heteroatoms. The fourth-order valence-corrected chi connectivity index (χ4v) is 5.87. The largest absolute Gasteiger partial charge is 0.497 e. The van der Waals surface area contributed by atoms with Crippen molar-refractivity contribution in [1.82, 2.24) is 4.57 Å². The van der Waals surface area contributed by atoms with Crippen LogP contribution in [0.25, 0.3) is 5.57 Å². The van der Waals surface area contributed by atoms with Crippen molar-refractivity contribution in [2.24, 2.45) is 4.99 Å². The number of hydrogen-bond acceptors (Lipinski definition) is 9. The predicted molar refractivity (Wildman–Crippen MR) is 152 cm³/mol. The molecule has 0 aliphatic carbocycles. The molecule has 1 aromatic heterocycles. The summed E-state index contributed by atoms with van der Waals surface area (Å²) in [6, 6.07) is 12.9. The Balaban J connectivity index is 0.000000952. The third-order valence-corrected chi connectivity index (χ3v) is 7.42. The number of esters is 1. The standard InChI is InChI=1S/C27H23N3O7S.C2H4O2/c1-4-37-26(35)20-14(2)28-27-30(22(20)15-9-11-16(36-3)12-10-15)25(34)23(38-27)21-17-7-5-6-8-18(17)29(24(21)33)13-19(31)32;1-2(3)4/h5-12,22H,4,13H2,1-3H3,(H,31,32);1H3,(H,3,4). The number of para-hydroxylation sites is 1. The summed E-state index contributed by atoms with van der Waals surface area (Å²) < 4.78 is 12.1. The Morgan fingerprint density at radius 3 is 2.29 bits per heavy atom. The van der Waals surface area contributed by atoms with Gasteiger partial charge in [-0.25, -0.2) is 9.79 Å². The molecule has 2 aromatic carbocycles. The number of fused-ring (bicyclic) bond motifs is 2. The first-order chi connectivity index (χ1) is 20.0. The number of carboxylic acids is 2. The van der Waals surface area contributed by atoms with Crippen molar-refractivity contribution < 1.29 is 38.9 Å². The molecule has 0 bridgehead atoms. The lowest BCUT2D eigenvalue weighted by Crippen LogP contribution is -2.41. The molecule has 1 amide bonds. The van der Waals surface area contributed by atoms with Crippen molar-refractivity contribution in [3.63, 3.8) is 0 Å². The van der Waals surface area contributed by atoms with Crippen molar-refractivity contribution in [3.05, 3.63) is 90.6 Å². The van der Waals surface area contributed by atoms with Gasteiger partial charge in [0, 0.05) is 12.5 Å². The van der Waals surface area contributed by atoms with Crippen LogP contribution in [-0.4, -0.2) is 58.9 Å². The molecule has 3 aromatic rings. The number of carbonyl (C=O) groups excluding carboxylic acids is 2. The minimum Gasteiger partial charge on any atom is -0.497 e. The number of carboxylic acid groups (broad SMARTS) is 2. The smallest absolute Gasteiger partial charge is 0.338 e. The van der Waals surface area contributed by atoms with E-state index in [1.165, 1.54) is 11.7 Å². The summed E-state index contributed by atoms with van der Waals surface area (Å²) in [5, 5.41) is 16.8. The molecule has 5 rings (SSSR count). The van der Waals surface area contributed by atoms with Gasteiger partial charge in [-0.05, 0) is 37.6 Å². The summed E-state index contributed by atoms with van der Waals surface area (Å²) >= 11 is 1.03. The minimum absolute atomic E-state index is 0.109. The van der Waals surface area contributed by atoms with Crippen molar-refractivity contribution in [1.29, 1.82) is 0 Å². The number of ether oxygens (including phenoxy) is 2. The molecular weight excluding hydrogens is 566 g/mol. The number of aliphatic carboxylic acids is 2. The van der Waals surface area contributed by atoms with Gasteiger partial charge in [0.1, 0.15) is 16.8 Å². The van der Waals surface area contributed by atoms with Crippen molar-refractivity contribution in [2.45, 2.75) is 26.8 Å². The van der Waals surface area contributed by atoms with Crippen LogP contribution in [0.15, 0.2) is 69.6 Å². The van der Waals surface area contributed by atoms with Crippen LogP contribution in [0.2, 0.25) is 0 Å². The van der Waals surface area contributed by atoms with Crippen LogP contribution in [0.5, 0.6) is 5.75 Å². The van der Waals surface area contributed by atoms with Gasteiger partial charge in [0.05, 0.1) is 42.3 Å². The summed E-state index contributed by atoms with van der Waals surface area (Å²) in [5.74, 6) is -2.58. The molecule has 0 fully saturated rings. The van der Waals surface area contributed by atoms with Crippen molar-refractivity contribution in [2.75, 3.05) is 25.2 Å².